The number of para-hydroxylation sites is 1. The molecule has 0 radical (unpaired) electrons. The van der Waals surface area contributed by atoms with E-state index in [2.05, 4.69) is 13.2 Å². The normalized spacial score (nSPS) is 11.7. The van der Waals surface area contributed by atoms with Crippen molar-refractivity contribution < 1.29 is 9.63 Å². The van der Waals surface area contributed by atoms with Gasteiger partial charge < -0.3 is 0 Å². The van der Waals surface area contributed by atoms with Crippen LogP contribution in [0.25, 0.3) is 0 Å². The van der Waals surface area contributed by atoms with Gasteiger partial charge >= 0.3 is 0 Å². The number of nitrogens with zero attached hydrogens (tertiary/aromatic N) is 1. The molecule has 1 atom stereocenters. The highest BCUT2D eigenvalue weighted by molar-refractivity contribution is 5.91. The lowest BCUT2D eigenvalue weighted by atomic mass is 10.1. The van der Waals surface area contributed by atoms with Gasteiger partial charge in [-0.2, -0.15) is 5.06 Å². The summed E-state index contributed by atoms with van der Waals surface area (Å²) in [5, 5.41) is 1.35. The molecule has 1 amide bonds. The van der Waals surface area contributed by atoms with Crippen molar-refractivity contribution in [3.05, 3.63) is 54.6 Å². The van der Waals surface area contributed by atoms with Gasteiger partial charge in [0.1, 0.15) is 6.10 Å². The average molecular weight is 259 g/mol. The molecule has 0 bridgehead atoms. The molecule has 0 spiro atoms. The minimum atomic E-state index is -0.264. The molecule has 0 saturated carbocycles. The van der Waals surface area contributed by atoms with E-state index in [4.69, 9.17) is 4.84 Å². The first kappa shape index (κ1) is 15.2. The van der Waals surface area contributed by atoms with Gasteiger partial charge in [0.2, 0.25) is 5.91 Å². The van der Waals surface area contributed by atoms with Gasteiger partial charge in [0, 0.05) is 6.92 Å². The number of carbonyl (C=O) groups is 1. The average Bonchev–Trinajstić information content (AvgIpc) is 2.35. The smallest absolute Gasteiger partial charge is 0.247 e. The molecular weight excluding hydrogens is 238 g/mol. The minimum Gasteiger partial charge on any atom is -0.273 e. The number of anilines is 1. The molecular formula is C16H21NO2. The van der Waals surface area contributed by atoms with Crippen LogP contribution < -0.4 is 5.06 Å². The van der Waals surface area contributed by atoms with Gasteiger partial charge in [-0.15, -0.1) is 13.2 Å². The van der Waals surface area contributed by atoms with Crippen LogP contribution in [0.2, 0.25) is 0 Å². The third kappa shape index (κ3) is 3.80. The van der Waals surface area contributed by atoms with Crippen LogP contribution in [-0.2, 0) is 9.63 Å². The second-order valence-corrected chi connectivity index (χ2v) is 4.46. The van der Waals surface area contributed by atoms with Crippen LogP contribution in [0.1, 0.15) is 24.5 Å². The van der Waals surface area contributed by atoms with E-state index >= 15 is 0 Å². The summed E-state index contributed by atoms with van der Waals surface area (Å²) >= 11 is 0. The fourth-order valence-corrected chi connectivity index (χ4v) is 1.89. The first-order valence-corrected chi connectivity index (χ1v) is 6.28. The lowest BCUT2D eigenvalue weighted by Gasteiger charge is -2.27. The van der Waals surface area contributed by atoms with Crippen molar-refractivity contribution in [2.24, 2.45) is 0 Å². The quantitative estimate of drug-likeness (QED) is 0.575. The van der Waals surface area contributed by atoms with E-state index in [1.165, 1.54) is 12.0 Å². The van der Waals surface area contributed by atoms with Crippen LogP contribution in [0.5, 0.6) is 0 Å². The summed E-state index contributed by atoms with van der Waals surface area (Å²) in [4.78, 5) is 17.6. The molecule has 1 unspecified atom stereocenters. The monoisotopic (exact) mass is 259 g/mol. The van der Waals surface area contributed by atoms with E-state index in [9.17, 15) is 4.79 Å². The van der Waals surface area contributed by atoms with Gasteiger partial charge in [0.15, 0.2) is 0 Å². The maximum Gasteiger partial charge on any atom is 0.247 e. The Hall–Kier alpha value is -1.87. The number of hydrogen-bond acceptors (Lipinski definition) is 2. The molecule has 0 heterocycles. The number of carbonyl (C=O) groups excluding carboxylic acids is 1. The van der Waals surface area contributed by atoms with Crippen LogP contribution in [0.4, 0.5) is 5.69 Å². The van der Waals surface area contributed by atoms with Gasteiger partial charge in [-0.1, -0.05) is 30.4 Å². The van der Waals surface area contributed by atoms with E-state index in [0.29, 0.717) is 6.42 Å². The molecule has 0 aliphatic heterocycles. The number of benzene rings is 1. The minimum absolute atomic E-state index is 0.159. The highest BCUT2D eigenvalue weighted by atomic mass is 16.7. The number of aryl methyl sites for hydroxylation is 2. The summed E-state index contributed by atoms with van der Waals surface area (Å²) in [5.41, 5.74) is 2.79. The Bertz CT molecular complexity index is 459. The van der Waals surface area contributed by atoms with E-state index in [1.807, 2.05) is 32.0 Å². The predicted octanol–water partition coefficient (Wildman–Crippen LogP) is 3.72. The molecule has 102 valence electrons. The molecule has 0 aromatic heterocycles. The molecule has 1 aromatic rings. The van der Waals surface area contributed by atoms with E-state index in [-0.39, 0.29) is 12.0 Å². The summed E-state index contributed by atoms with van der Waals surface area (Å²) in [6.45, 7) is 12.8. The second kappa shape index (κ2) is 6.90. The van der Waals surface area contributed by atoms with Crippen LogP contribution in [0, 0.1) is 13.8 Å². The van der Waals surface area contributed by atoms with Crippen LogP contribution in [-0.4, -0.2) is 12.0 Å². The fraction of sp³-hybridized carbons (Fsp3) is 0.312. The number of hydrogen-bond donors (Lipinski definition) is 0. The standard InChI is InChI=1S/C16H21NO2/c1-6-9-15(7-2)19-17(14(5)18)16-12(3)10-8-11-13(16)4/h6-8,10-11,15H,1-2,9H2,3-5H3. The fourth-order valence-electron chi connectivity index (χ4n) is 1.89. The number of hydroxylamine groups is 1. The first-order valence-electron chi connectivity index (χ1n) is 6.28. The Morgan fingerprint density at radius 1 is 1.37 bits per heavy atom. The predicted molar refractivity (Wildman–Crippen MR) is 79.0 cm³/mol. The summed E-state index contributed by atoms with van der Waals surface area (Å²) in [6.07, 6.45) is 3.76. The molecule has 19 heavy (non-hydrogen) atoms. The molecule has 1 aromatic carbocycles. The summed E-state index contributed by atoms with van der Waals surface area (Å²) in [5.74, 6) is -0.159. The van der Waals surface area contributed by atoms with E-state index < -0.39 is 0 Å². The van der Waals surface area contributed by atoms with E-state index in [0.717, 1.165) is 16.8 Å². The molecule has 0 aliphatic rings. The maximum absolute atomic E-state index is 11.8. The first-order chi connectivity index (χ1) is 9.01. The zero-order valence-electron chi connectivity index (χ0n) is 11.8. The number of rotatable bonds is 6. The number of amides is 1. The van der Waals surface area contributed by atoms with Crippen molar-refractivity contribution in [1.29, 1.82) is 0 Å². The largest absolute Gasteiger partial charge is 0.273 e. The highest BCUT2D eigenvalue weighted by Gasteiger charge is 2.20. The van der Waals surface area contributed by atoms with Crippen molar-refractivity contribution >= 4 is 11.6 Å². The molecule has 3 heteroatoms. The van der Waals surface area contributed by atoms with Gasteiger partial charge in [0.05, 0.1) is 5.69 Å². The second-order valence-electron chi connectivity index (χ2n) is 4.46. The maximum atomic E-state index is 11.8. The lowest BCUT2D eigenvalue weighted by Crippen LogP contribution is -2.34. The molecule has 0 aliphatic carbocycles. The Balaban J connectivity index is 3.10. The molecule has 0 saturated heterocycles. The molecule has 0 fully saturated rings. The Kier molecular flexibility index (Phi) is 5.52. The van der Waals surface area contributed by atoms with Crippen molar-refractivity contribution in [2.45, 2.75) is 33.3 Å². The van der Waals surface area contributed by atoms with Crippen LogP contribution in [0.15, 0.2) is 43.5 Å². The van der Waals surface area contributed by atoms with Crippen molar-refractivity contribution in [1.82, 2.24) is 0 Å². The van der Waals surface area contributed by atoms with Gasteiger partial charge in [0.25, 0.3) is 0 Å². The van der Waals surface area contributed by atoms with Crippen molar-refractivity contribution in [2.75, 3.05) is 5.06 Å². The third-order valence-electron chi connectivity index (χ3n) is 2.83. The summed E-state index contributed by atoms with van der Waals surface area (Å²) < 4.78 is 0. The van der Waals surface area contributed by atoms with Gasteiger partial charge in [-0.25, -0.2) is 0 Å². The zero-order valence-corrected chi connectivity index (χ0v) is 11.8. The zero-order chi connectivity index (χ0) is 14.4. The van der Waals surface area contributed by atoms with Gasteiger partial charge in [-0.3, -0.25) is 9.63 Å². The summed E-state index contributed by atoms with van der Waals surface area (Å²) in [6, 6.07) is 5.87. The van der Waals surface area contributed by atoms with Crippen LogP contribution in [0.3, 0.4) is 0 Å². The van der Waals surface area contributed by atoms with Crippen molar-refractivity contribution in [3.8, 4) is 0 Å². The topological polar surface area (TPSA) is 29.5 Å². The lowest BCUT2D eigenvalue weighted by molar-refractivity contribution is -0.125. The SMILES string of the molecule is C=CCC(C=C)ON(C(C)=O)c1c(C)cccc1C. The van der Waals surface area contributed by atoms with Gasteiger partial charge in [-0.05, 0) is 31.4 Å². The highest BCUT2D eigenvalue weighted by Crippen LogP contribution is 2.26. The van der Waals surface area contributed by atoms with Crippen molar-refractivity contribution in [3.63, 3.8) is 0 Å². The van der Waals surface area contributed by atoms with Crippen LogP contribution >= 0.6 is 0 Å². The Morgan fingerprint density at radius 3 is 2.37 bits per heavy atom. The molecule has 0 N–H and O–H groups in total. The third-order valence-corrected chi connectivity index (χ3v) is 2.83. The van der Waals surface area contributed by atoms with E-state index in [1.54, 1.807) is 12.2 Å². The molecule has 1 rings (SSSR count). The summed E-state index contributed by atoms with van der Waals surface area (Å²) in [7, 11) is 0. The Morgan fingerprint density at radius 2 is 1.95 bits per heavy atom. The molecule has 3 nitrogen and oxygen atoms in total. The Labute approximate surface area is 115 Å².